The molecule has 2 aliphatic heterocycles. The SMILES string of the molecule is CCOc1ccc(N2C(=O)CN(Cc3ccccc3)[C@H]3CS(=O)(=O)C[C@H]32)cc1. The van der Waals surface area contributed by atoms with Gasteiger partial charge in [0.25, 0.3) is 0 Å². The Morgan fingerprint density at radius 2 is 1.68 bits per heavy atom. The van der Waals surface area contributed by atoms with Gasteiger partial charge in [-0.1, -0.05) is 30.3 Å². The first-order chi connectivity index (χ1) is 13.5. The molecule has 0 aliphatic carbocycles. The van der Waals surface area contributed by atoms with Crippen LogP contribution in [0.2, 0.25) is 0 Å². The number of nitrogens with zero attached hydrogens (tertiary/aromatic N) is 2. The molecule has 2 saturated heterocycles. The molecule has 148 valence electrons. The molecule has 4 rings (SSSR count). The number of ether oxygens (including phenoxy) is 1. The maximum absolute atomic E-state index is 13.0. The Morgan fingerprint density at radius 1 is 1.00 bits per heavy atom. The molecule has 1 amide bonds. The molecule has 0 bridgehead atoms. The van der Waals surface area contributed by atoms with Crippen LogP contribution in [0.3, 0.4) is 0 Å². The van der Waals surface area contributed by atoms with Gasteiger partial charge in [-0.25, -0.2) is 8.42 Å². The molecule has 0 radical (unpaired) electrons. The molecule has 6 nitrogen and oxygen atoms in total. The molecular formula is C21H24N2O4S. The van der Waals surface area contributed by atoms with Crippen molar-refractivity contribution in [3.63, 3.8) is 0 Å². The van der Waals surface area contributed by atoms with E-state index in [0.717, 1.165) is 17.0 Å². The van der Waals surface area contributed by atoms with Gasteiger partial charge in [-0.05, 0) is 36.8 Å². The van der Waals surface area contributed by atoms with Crippen molar-refractivity contribution in [3.8, 4) is 5.75 Å². The summed E-state index contributed by atoms with van der Waals surface area (Å²) >= 11 is 0. The topological polar surface area (TPSA) is 66.9 Å². The highest BCUT2D eigenvalue weighted by Crippen LogP contribution is 2.33. The molecular weight excluding hydrogens is 376 g/mol. The van der Waals surface area contributed by atoms with Gasteiger partial charge in [-0.15, -0.1) is 0 Å². The van der Waals surface area contributed by atoms with Crippen molar-refractivity contribution >= 4 is 21.4 Å². The first-order valence-corrected chi connectivity index (χ1v) is 11.3. The molecule has 0 aromatic heterocycles. The van der Waals surface area contributed by atoms with Crippen molar-refractivity contribution in [2.45, 2.75) is 25.6 Å². The monoisotopic (exact) mass is 400 g/mol. The standard InChI is InChI=1S/C21H24N2O4S/c1-2-27-18-10-8-17(9-11-18)23-20-15-28(25,26)14-19(20)22(13-21(23)24)12-16-6-4-3-5-7-16/h3-11,19-20H,2,12-15H2,1H3/t19-,20+/m0/s1. The van der Waals surface area contributed by atoms with Crippen LogP contribution >= 0.6 is 0 Å². The first-order valence-electron chi connectivity index (χ1n) is 9.50. The van der Waals surface area contributed by atoms with Crippen LogP contribution in [0.1, 0.15) is 12.5 Å². The van der Waals surface area contributed by atoms with Crippen LogP contribution in [0.15, 0.2) is 54.6 Å². The molecule has 2 fully saturated rings. The highest BCUT2D eigenvalue weighted by Gasteiger charge is 2.49. The van der Waals surface area contributed by atoms with Crippen LogP contribution in [-0.4, -0.2) is 56.0 Å². The maximum Gasteiger partial charge on any atom is 0.241 e. The average Bonchev–Trinajstić information content (AvgIpc) is 2.99. The van der Waals surface area contributed by atoms with Crippen LogP contribution in [-0.2, 0) is 21.2 Å². The second-order valence-corrected chi connectivity index (χ2v) is 9.45. The van der Waals surface area contributed by atoms with E-state index in [9.17, 15) is 13.2 Å². The van der Waals surface area contributed by atoms with Crippen LogP contribution in [0.25, 0.3) is 0 Å². The van der Waals surface area contributed by atoms with E-state index in [1.54, 1.807) is 4.90 Å². The van der Waals surface area contributed by atoms with Crippen LogP contribution < -0.4 is 9.64 Å². The Kier molecular flexibility index (Phi) is 5.12. The summed E-state index contributed by atoms with van der Waals surface area (Å²) in [5, 5.41) is 0. The lowest BCUT2D eigenvalue weighted by molar-refractivity contribution is -0.123. The maximum atomic E-state index is 13.0. The Hall–Kier alpha value is -2.38. The predicted octanol–water partition coefficient (Wildman–Crippen LogP) is 2.10. The molecule has 2 atom stereocenters. The molecule has 0 unspecified atom stereocenters. The third-order valence-electron chi connectivity index (χ3n) is 5.36. The molecule has 2 aliphatic rings. The zero-order chi connectivity index (χ0) is 19.7. The molecule has 0 spiro atoms. The van der Waals surface area contributed by atoms with Crippen molar-refractivity contribution < 1.29 is 17.9 Å². The minimum atomic E-state index is -3.20. The van der Waals surface area contributed by atoms with Crippen molar-refractivity contribution in [1.82, 2.24) is 4.90 Å². The quantitative estimate of drug-likeness (QED) is 0.769. The number of piperazine rings is 1. The summed E-state index contributed by atoms with van der Waals surface area (Å²) in [4.78, 5) is 16.7. The number of sulfone groups is 1. The third-order valence-corrected chi connectivity index (χ3v) is 7.05. The Bertz CT molecular complexity index is 944. The smallest absolute Gasteiger partial charge is 0.241 e. The van der Waals surface area contributed by atoms with Crippen molar-refractivity contribution in [1.29, 1.82) is 0 Å². The largest absolute Gasteiger partial charge is 0.494 e. The van der Waals surface area contributed by atoms with Gasteiger partial charge in [-0.2, -0.15) is 0 Å². The van der Waals surface area contributed by atoms with E-state index < -0.39 is 9.84 Å². The summed E-state index contributed by atoms with van der Waals surface area (Å²) in [7, 11) is -3.20. The Labute approximate surface area is 165 Å². The van der Waals surface area contributed by atoms with Gasteiger partial charge in [0.2, 0.25) is 5.91 Å². The van der Waals surface area contributed by atoms with E-state index in [1.807, 2.05) is 66.4 Å². The summed E-state index contributed by atoms with van der Waals surface area (Å²) in [5.74, 6) is 0.753. The summed E-state index contributed by atoms with van der Waals surface area (Å²) in [5.41, 5.74) is 1.80. The van der Waals surface area contributed by atoms with Gasteiger partial charge < -0.3 is 9.64 Å². The van der Waals surface area contributed by atoms with Gasteiger partial charge in [0.1, 0.15) is 5.75 Å². The third kappa shape index (κ3) is 3.77. The number of amides is 1. The highest BCUT2D eigenvalue weighted by molar-refractivity contribution is 7.91. The molecule has 7 heteroatoms. The van der Waals surface area contributed by atoms with E-state index in [4.69, 9.17) is 4.74 Å². The van der Waals surface area contributed by atoms with Crippen molar-refractivity contribution in [2.24, 2.45) is 0 Å². The van der Waals surface area contributed by atoms with Gasteiger partial charge in [0.05, 0.1) is 30.7 Å². The summed E-state index contributed by atoms with van der Waals surface area (Å²) in [6.07, 6.45) is 0. The fourth-order valence-electron chi connectivity index (χ4n) is 4.15. The van der Waals surface area contributed by atoms with Crippen LogP contribution in [0.4, 0.5) is 5.69 Å². The number of anilines is 1. The number of hydrogen-bond acceptors (Lipinski definition) is 5. The summed E-state index contributed by atoms with van der Waals surface area (Å²) in [6, 6.07) is 16.6. The van der Waals surface area contributed by atoms with E-state index in [-0.39, 0.29) is 36.0 Å². The number of carbonyl (C=O) groups is 1. The number of carbonyl (C=O) groups excluding carboxylic acids is 1. The lowest BCUT2D eigenvalue weighted by Crippen LogP contribution is -2.61. The second kappa shape index (κ2) is 7.56. The molecule has 2 aromatic rings. The van der Waals surface area contributed by atoms with Crippen LogP contribution in [0, 0.1) is 0 Å². The molecule has 0 saturated carbocycles. The van der Waals surface area contributed by atoms with Crippen LogP contribution in [0.5, 0.6) is 5.75 Å². The first kappa shape index (κ1) is 19.0. The fraction of sp³-hybridized carbons (Fsp3) is 0.381. The number of rotatable bonds is 5. The second-order valence-electron chi connectivity index (χ2n) is 7.29. The number of hydrogen-bond donors (Lipinski definition) is 0. The van der Waals surface area contributed by atoms with Crippen molar-refractivity contribution in [2.75, 3.05) is 29.6 Å². The zero-order valence-corrected chi connectivity index (χ0v) is 16.6. The lowest BCUT2D eigenvalue weighted by Gasteiger charge is -2.43. The Morgan fingerprint density at radius 3 is 2.36 bits per heavy atom. The molecule has 2 heterocycles. The van der Waals surface area contributed by atoms with Crippen molar-refractivity contribution in [3.05, 3.63) is 60.2 Å². The summed E-state index contributed by atoms with van der Waals surface area (Å²) in [6.45, 7) is 3.26. The van der Waals surface area contributed by atoms with E-state index in [2.05, 4.69) is 0 Å². The highest BCUT2D eigenvalue weighted by atomic mass is 32.2. The Balaban J connectivity index is 1.62. The average molecular weight is 401 g/mol. The predicted molar refractivity (Wildman–Crippen MR) is 108 cm³/mol. The van der Waals surface area contributed by atoms with Gasteiger partial charge in [0.15, 0.2) is 9.84 Å². The molecule has 0 N–H and O–H groups in total. The van der Waals surface area contributed by atoms with E-state index >= 15 is 0 Å². The van der Waals surface area contributed by atoms with E-state index in [1.165, 1.54) is 0 Å². The minimum Gasteiger partial charge on any atom is -0.494 e. The fourth-order valence-corrected chi connectivity index (χ4v) is 6.14. The minimum absolute atomic E-state index is 0.00189. The zero-order valence-electron chi connectivity index (χ0n) is 15.8. The number of fused-ring (bicyclic) bond motifs is 1. The molecule has 28 heavy (non-hydrogen) atoms. The number of benzene rings is 2. The van der Waals surface area contributed by atoms with Gasteiger partial charge >= 0.3 is 0 Å². The normalized spacial score (nSPS) is 24.2. The van der Waals surface area contributed by atoms with Gasteiger partial charge in [-0.3, -0.25) is 9.69 Å². The lowest BCUT2D eigenvalue weighted by atomic mass is 10.0. The summed E-state index contributed by atoms with van der Waals surface area (Å²) < 4.78 is 30.3. The van der Waals surface area contributed by atoms with Gasteiger partial charge in [0, 0.05) is 18.3 Å². The molecule has 2 aromatic carbocycles. The van der Waals surface area contributed by atoms with E-state index in [0.29, 0.717) is 13.2 Å².